The monoisotopic (exact) mass is 806 g/mol. The molecule has 3 aliphatic heterocycles. The minimum absolute atomic E-state index is 0.0928. The smallest absolute Gasteiger partial charge is 0.311 e. The van der Waals surface area contributed by atoms with Gasteiger partial charge in [-0.2, -0.15) is 0 Å². The minimum atomic E-state index is -1.81. The van der Waals surface area contributed by atoms with Gasteiger partial charge in [0, 0.05) is 38.1 Å². The number of ether oxygens (including phenoxy) is 6. The molecule has 15 heteroatoms. The second kappa shape index (κ2) is 20.0. The maximum atomic E-state index is 14.5. The molecule has 0 bridgehead atoms. The van der Waals surface area contributed by atoms with E-state index in [0.29, 0.717) is 19.5 Å². The zero-order chi connectivity index (χ0) is 42.6. The molecule has 0 aliphatic carbocycles. The Hall–Kier alpha value is -1.05. The predicted octanol–water partition coefficient (Wildman–Crippen LogP) is 1.93. The highest BCUT2D eigenvalue weighted by Gasteiger charge is 2.58. The molecule has 56 heavy (non-hydrogen) atoms. The van der Waals surface area contributed by atoms with E-state index >= 15 is 0 Å². The second-order valence-electron chi connectivity index (χ2n) is 18.2. The zero-order valence-corrected chi connectivity index (χ0v) is 36.8. The number of methoxy groups -OCH3 is 1. The summed E-state index contributed by atoms with van der Waals surface area (Å²) in [5.41, 5.74) is -5.93. The standard InChI is InChI=1S/C41H79N3O12/c1-15-17-42-22-41(50)28(8)53-31(20-39(41,10)51-14)54-33-25(5)34(56-37-32(46)29(44(12)13)18-24(4)52-37)38(9,48)19-23(3)21-43-27(7)35(55-36(47)26(33)6)40(11,49)30(45)16-2/h23-35,37,42-43,45-46,48-50H,15-22H2,1-14H3/t23-,24-,25+,26-,27+,28+,29+,30-,31+,32-,33-,34-,35+,37+,38-,39-,40-,41+/m1/s1. The number of rotatable bonds is 13. The van der Waals surface area contributed by atoms with E-state index in [9.17, 15) is 30.3 Å². The molecule has 0 amide bonds. The molecule has 3 heterocycles. The van der Waals surface area contributed by atoms with Crippen molar-refractivity contribution in [2.24, 2.45) is 17.8 Å². The van der Waals surface area contributed by atoms with Gasteiger partial charge < -0.3 is 69.5 Å². The Kier molecular flexibility index (Phi) is 17.6. The van der Waals surface area contributed by atoms with Crippen LogP contribution in [0.5, 0.6) is 0 Å². The number of cyclic esters (lactones) is 1. The van der Waals surface area contributed by atoms with Crippen molar-refractivity contribution in [3.8, 4) is 0 Å². The Bertz CT molecular complexity index is 1230. The summed E-state index contributed by atoms with van der Waals surface area (Å²) >= 11 is 0. The Labute approximate surface area is 336 Å². The van der Waals surface area contributed by atoms with Crippen LogP contribution in [0.2, 0.25) is 0 Å². The van der Waals surface area contributed by atoms with Crippen molar-refractivity contribution in [1.29, 1.82) is 0 Å². The molecule has 0 unspecified atom stereocenters. The number of nitrogens with zero attached hydrogens (tertiary/aromatic N) is 1. The number of carbonyl (C=O) groups excluding carboxylic acids is 1. The molecule has 18 atom stereocenters. The largest absolute Gasteiger partial charge is 0.457 e. The van der Waals surface area contributed by atoms with Gasteiger partial charge >= 0.3 is 5.97 Å². The van der Waals surface area contributed by atoms with Crippen LogP contribution in [-0.2, 0) is 33.2 Å². The molecular formula is C41H79N3O12. The van der Waals surface area contributed by atoms with Gasteiger partial charge in [-0.25, -0.2) is 0 Å². The topological polar surface area (TPSA) is 201 Å². The number of likely N-dealkylation sites (N-methyl/N-ethyl adjacent to an activating group) is 1. The maximum Gasteiger partial charge on any atom is 0.311 e. The molecule has 0 aromatic carbocycles. The van der Waals surface area contributed by atoms with E-state index in [-0.39, 0.29) is 43.9 Å². The van der Waals surface area contributed by atoms with Crippen molar-refractivity contribution in [3.63, 3.8) is 0 Å². The lowest BCUT2D eigenvalue weighted by Gasteiger charge is -2.53. The highest BCUT2D eigenvalue weighted by Crippen LogP contribution is 2.43. The summed E-state index contributed by atoms with van der Waals surface area (Å²) < 4.78 is 38.4. The summed E-state index contributed by atoms with van der Waals surface area (Å²) in [7, 11) is 5.31. The lowest BCUT2D eigenvalue weighted by molar-refractivity contribution is -0.336. The van der Waals surface area contributed by atoms with Crippen LogP contribution in [-0.4, -0.2) is 167 Å². The van der Waals surface area contributed by atoms with Crippen molar-refractivity contribution in [3.05, 3.63) is 0 Å². The van der Waals surface area contributed by atoms with Crippen molar-refractivity contribution >= 4 is 5.97 Å². The van der Waals surface area contributed by atoms with E-state index in [2.05, 4.69) is 10.6 Å². The summed E-state index contributed by atoms with van der Waals surface area (Å²) in [6.45, 7) is 20.9. The highest BCUT2D eigenvalue weighted by atomic mass is 16.7. The van der Waals surface area contributed by atoms with E-state index in [4.69, 9.17) is 28.4 Å². The molecule has 330 valence electrons. The van der Waals surface area contributed by atoms with Gasteiger partial charge in [-0.3, -0.25) is 4.79 Å². The molecule has 7 N–H and O–H groups in total. The summed E-state index contributed by atoms with van der Waals surface area (Å²) in [4.78, 5) is 16.4. The van der Waals surface area contributed by atoms with Gasteiger partial charge in [0.25, 0.3) is 0 Å². The van der Waals surface area contributed by atoms with E-state index in [1.807, 2.05) is 53.6 Å². The third kappa shape index (κ3) is 11.0. The lowest BCUT2D eigenvalue weighted by Crippen LogP contribution is -2.70. The van der Waals surface area contributed by atoms with Gasteiger partial charge in [-0.1, -0.05) is 27.7 Å². The Morgan fingerprint density at radius 2 is 1.70 bits per heavy atom. The van der Waals surface area contributed by atoms with Crippen LogP contribution in [0.25, 0.3) is 0 Å². The molecule has 0 spiro atoms. The maximum absolute atomic E-state index is 14.5. The number of hydrogen-bond acceptors (Lipinski definition) is 15. The average Bonchev–Trinajstić information content (AvgIpc) is 3.12. The molecule has 3 saturated heterocycles. The van der Waals surface area contributed by atoms with Crippen LogP contribution in [0.15, 0.2) is 0 Å². The zero-order valence-electron chi connectivity index (χ0n) is 36.8. The quantitative estimate of drug-likeness (QED) is 0.105. The molecule has 0 radical (unpaired) electrons. The fourth-order valence-corrected chi connectivity index (χ4v) is 9.21. The molecule has 15 nitrogen and oxygen atoms in total. The second-order valence-corrected chi connectivity index (χ2v) is 18.2. The third-order valence-corrected chi connectivity index (χ3v) is 13.0. The van der Waals surface area contributed by atoms with Gasteiger partial charge in [-0.05, 0) is 107 Å². The Morgan fingerprint density at radius 3 is 2.27 bits per heavy atom. The molecule has 3 rings (SSSR count). The van der Waals surface area contributed by atoms with Crippen LogP contribution < -0.4 is 10.6 Å². The fraction of sp³-hybridized carbons (Fsp3) is 0.976. The normalized spacial score (nSPS) is 45.2. The lowest BCUT2D eigenvalue weighted by atomic mass is 9.75. The number of hydrogen-bond donors (Lipinski definition) is 7. The van der Waals surface area contributed by atoms with E-state index in [0.717, 1.165) is 6.42 Å². The molecule has 0 aromatic rings. The van der Waals surface area contributed by atoms with Gasteiger partial charge in [0.2, 0.25) is 0 Å². The molecule has 0 aromatic heterocycles. The van der Waals surface area contributed by atoms with Gasteiger partial charge in [0.05, 0.1) is 42.0 Å². The first-order valence-electron chi connectivity index (χ1n) is 20.9. The fourth-order valence-electron chi connectivity index (χ4n) is 9.21. The van der Waals surface area contributed by atoms with Crippen molar-refractivity contribution in [2.45, 2.75) is 198 Å². The van der Waals surface area contributed by atoms with Crippen LogP contribution in [0.4, 0.5) is 0 Å². The van der Waals surface area contributed by atoms with Crippen LogP contribution >= 0.6 is 0 Å². The van der Waals surface area contributed by atoms with Crippen molar-refractivity contribution in [2.75, 3.05) is 40.8 Å². The summed E-state index contributed by atoms with van der Waals surface area (Å²) in [6, 6.07) is -0.875. The molecule has 3 fully saturated rings. The average molecular weight is 806 g/mol. The van der Waals surface area contributed by atoms with Gasteiger partial charge in [-0.15, -0.1) is 0 Å². The van der Waals surface area contributed by atoms with Crippen LogP contribution in [0, 0.1) is 17.8 Å². The molecular weight excluding hydrogens is 726 g/mol. The number of nitrogens with one attached hydrogen (secondary N) is 2. The number of aliphatic hydroxyl groups is 5. The summed E-state index contributed by atoms with van der Waals surface area (Å²) in [5.74, 6) is -2.67. The Morgan fingerprint density at radius 1 is 1.05 bits per heavy atom. The van der Waals surface area contributed by atoms with Crippen LogP contribution in [0.1, 0.15) is 108 Å². The SMILES string of the molecule is CCCNC[C@]1(O)[C@H](C)O[C@@H](O[C@@H]2[C@H](C)[C@@H](O[C@@H]3O[C@H](C)C[C@H](N(C)C)[C@H]3O)[C@](C)(O)C[C@@H](C)CN[C@@H](C)[C@@H]([C@](C)(O)[C@H](O)CC)OC(=O)[C@@H]2C)C[C@@]1(C)OC. The molecule has 0 saturated carbocycles. The summed E-state index contributed by atoms with van der Waals surface area (Å²) in [6.07, 6.45) is -6.62. The first-order valence-corrected chi connectivity index (χ1v) is 20.9. The highest BCUT2D eigenvalue weighted by molar-refractivity contribution is 5.73. The summed E-state index contributed by atoms with van der Waals surface area (Å²) in [5, 5.41) is 65.4. The number of carbonyl (C=O) groups is 1. The minimum Gasteiger partial charge on any atom is -0.457 e. The first kappa shape index (κ1) is 49.3. The number of esters is 1. The van der Waals surface area contributed by atoms with Gasteiger partial charge in [0.1, 0.15) is 29.0 Å². The number of aliphatic hydroxyl groups excluding tert-OH is 2. The first-order chi connectivity index (χ1) is 25.9. The third-order valence-electron chi connectivity index (χ3n) is 13.0. The van der Waals surface area contributed by atoms with Crippen molar-refractivity contribution in [1.82, 2.24) is 15.5 Å². The van der Waals surface area contributed by atoms with Crippen LogP contribution in [0.3, 0.4) is 0 Å². The Balaban J connectivity index is 2.16. The van der Waals surface area contributed by atoms with Crippen molar-refractivity contribution < 1.29 is 58.7 Å². The predicted molar refractivity (Wildman–Crippen MR) is 212 cm³/mol. The van der Waals surface area contributed by atoms with Gasteiger partial charge in [0.15, 0.2) is 12.6 Å². The molecule has 3 aliphatic rings. The van der Waals surface area contributed by atoms with E-state index < -0.39 is 95.5 Å². The van der Waals surface area contributed by atoms with E-state index in [1.165, 1.54) is 14.0 Å². The van der Waals surface area contributed by atoms with E-state index in [1.54, 1.807) is 34.6 Å².